The number of hydrogen-bond donors (Lipinski definition) is 1. The van der Waals surface area contributed by atoms with Gasteiger partial charge in [-0.15, -0.1) is 0 Å². The Morgan fingerprint density at radius 1 is 1.11 bits per heavy atom. The normalized spacial score (nSPS) is 19.1. The first-order valence-electron chi connectivity index (χ1n) is 5.99. The smallest absolute Gasteiger partial charge is 0.123 e. The van der Waals surface area contributed by atoms with Gasteiger partial charge in [0.1, 0.15) is 17.7 Å². The molecule has 0 fully saturated rings. The second kappa shape index (κ2) is 4.42. The molecule has 3 rings (SSSR count). The summed E-state index contributed by atoms with van der Waals surface area (Å²) in [5.41, 5.74) is 8.26. The zero-order valence-corrected chi connectivity index (χ0v) is 9.84. The van der Waals surface area contributed by atoms with Gasteiger partial charge in [0.25, 0.3) is 0 Å². The molecule has 18 heavy (non-hydrogen) atoms. The number of rotatable bonds is 2. The Labute approximate surface area is 105 Å². The van der Waals surface area contributed by atoms with Gasteiger partial charge < -0.3 is 10.5 Å². The molecule has 2 aromatic rings. The molecule has 2 atom stereocenters. The van der Waals surface area contributed by atoms with Crippen molar-refractivity contribution >= 4 is 0 Å². The van der Waals surface area contributed by atoms with Crippen molar-refractivity contribution in [1.82, 2.24) is 0 Å². The fourth-order valence-corrected chi connectivity index (χ4v) is 2.31. The predicted octanol–water partition coefficient (Wildman–Crippen LogP) is 2.83. The summed E-state index contributed by atoms with van der Waals surface area (Å²) in [4.78, 5) is 0. The molecule has 0 amide bonds. The molecular weight excluding hydrogens is 229 g/mol. The molecule has 2 aromatic carbocycles. The van der Waals surface area contributed by atoms with E-state index < -0.39 is 0 Å². The molecule has 2 nitrogen and oxygen atoms in total. The highest BCUT2D eigenvalue weighted by molar-refractivity contribution is 5.38. The molecule has 0 spiro atoms. The van der Waals surface area contributed by atoms with Crippen LogP contribution in [0.1, 0.15) is 17.2 Å². The van der Waals surface area contributed by atoms with Crippen LogP contribution in [-0.2, 0) is 6.42 Å². The van der Waals surface area contributed by atoms with Gasteiger partial charge in [-0.3, -0.25) is 0 Å². The lowest BCUT2D eigenvalue weighted by Crippen LogP contribution is -2.29. The van der Waals surface area contributed by atoms with E-state index in [0.29, 0.717) is 0 Å². The molecule has 1 aliphatic heterocycles. The van der Waals surface area contributed by atoms with Gasteiger partial charge in [-0.2, -0.15) is 0 Å². The lowest BCUT2D eigenvalue weighted by Gasteiger charge is -2.19. The van der Waals surface area contributed by atoms with Gasteiger partial charge in [0.2, 0.25) is 0 Å². The van der Waals surface area contributed by atoms with Crippen LogP contribution < -0.4 is 10.5 Å². The van der Waals surface area contributed by atoms with E-state index in [2.05, 4.69) is 0 Å². The fourth-order valence-electron chi connectivity index (χ4n) is 2.31. The quantitative estimate of drug-likeness (QED) is 0.880. The highest BCUT2D eigenvalue weighted by atomic mass is 19.1. The number of ether oxygens (including phenoxy) is 1. The first-order valence-corrected chi connectivity index (χ1v) is 5.99. The first kappa shape index (κ1) is 11.2. The number of benzene rings is 2. The molecule has 1 aliphatic rings. The van der Waals surface area contributed by atoms with Crippen LogP contribution in [0.5, 0.6) is 5.75 Å². The van der Waals surface area contributed by atoms with Gasteiger partial charge in [-0.25, -0.2) is 4.39 Å². The molecule has 0 radical (unpaired) electrons. The van der Waals surface area contributed by atoms with Crippen LogP contribution in [0.25, 0.3) is 0 Å². The van der Waals surface area contributed by atoms with Crippen molar-refractivity contribution in [3.05, 3.63) is 65.5 Å². The largest absolute Gasteiger partial charge is 0.488 e. The van der Waals surface area contributed by atoms with Gasteiger partial charge >= 0.3 is 0 Å². The van der Waals surface area contributed by atoms with Crippen LogP contribution in [0.4, 0.5) is 4.39 Å². The first-order chi connectivity index (χ1) is 8.74. The van der Waals surface area contributed by atoms with Gasteiger partial charge in [0.15, 0.2) is 0 Å². The Balaban J connectivity index is 1.80. The van der Waals surface area contributed by atoms with Crippen LogP contribution in [0.3, 0.4) is 0 Å². The lowest BCUT2D eigenvalue weighted by molar-refractivity contribution is 0.199. The second-order valence-electron chi connectivity index (χ2n) is 4.55. The van der Waals surface area contributed by atoms with Crippen LogP contribution in [0.15, 0.2) is 48.5 Å². The summed E-state index contributed by atoms with van der Waals surface area (Å²) >= 11 is 0. The summed E-state index contributed by atoms with van der Waals surface area (Å²) in [6.07, 6.45) is 0.724. The Bertz CT molecular complexity index is 528. The van der Waals surface area contributed by atoms with E-state index in [0.717, 1.165) is 17.7 Å². The number of hydrogen-bond acceptors (Lipinski definition) is 2. The molecule has 2 N–H and O–H groups in total. The molecule has 0 aliphatic carbocycles. The van der Waals surface area contributed by atoms with Crippen LogP contribution in [0, 0.1) is 5.82 Å². The van der Waals surface area contributed by atoms with E-state index in [1.807, 2.05) is 24.3 Å². The minimum absolute atomic E-state index is 0.0761. The second-order valence-corrected chi connectivity index (χ2v) is 4.55. The van der Waals surface area contributed by atoms with E-state index in [4.69, 9.17) is 10.5 Å². The number of fused-ring (bicyclic) bond motifs is 1. The Hall–Kier alpha value is -1.87. The van der Waals surface area contributed by atoms with Crippen LogP contribution in [-0.4, -0.2) is 6.10 Å². The summed E-state index contributed by atoms with van der Waals surface area (Å²) in [6, 6.07) is 14.0. The van der Waals surface area contributed by atoms with Crippen molar-refractivity contribution in [3.8, 4) is 5.75 Å². The highest BCUT2D eigenvalue weighted by Gasteiger charge is 2.28. The van der Waals surface area contributed by atoms with Gasteiger partial charge in [-0.05, 0) is 29.3 Å². The van der Waals surface area contributed by atoms with E-state index in [9.17, 15) is 4.39 Å². The monoisotopic (exact) mass is 243 g/mol. The third-order valence-corrected chi connectivity index (χ3v) is 3.33. The molecular formula is C15H14FNO. The maximum absolute atomic E-state index is 12.9. The van der Waals surface area contributed by atoms with Crippen LogP contribution in [0.2, 0.25) is 0 Å². The fraction of sp³-hybridized carbons (Fsp3) is 0.200. The van der Waals surface area contributed by atoms with Crippen molar-refractivity contribution in [2.24, 2.45) is 5.73 Å². The summed E-state index contributed by atoms with van der Waals surface area (Å²) in [7, 11) is 0. The van der Waals surface area contributed by atoms with E-state index in [1.54, 1.807) is 12.1 Å². The number of nitrogens with two attached hydrogens (primary N) is 1. The van der Waals surface area contributed by atoms with Crippen molar-refractivity contribution in [2.45, 2.75) is 18.6 Å². The Morgan fingerprint density at radius 2 is 1.83 bits per heavy atom. The SMILES string of the molecule is NC(c1ccc(F)cc1)C1Cc2ccccc2O1. The van der Waals surface area contributed by atoms with Gasteiger partial charge in [-0.1, -0.05) is 30.3 Å². The summed E-state index contributed by atoms with van der Waals surface area (Å²) in [5.74, 6) is 0.654. The number of halogens is 1. The Kier molecular flexibility index (Phi) is 2.76. The van der Waals surface area contributed by atoms with Gasteiger partial charge in [0.05, 0.1) is 6.04 Å². The van der Waals surface area contributed by atoms with Crippen molar-refractivity contribution < 1.29 is 9.13 Å². The molecule has 1 heterocycles. The minimum Gasteiger partial charge on any atom is -0.488 e. The average molecular weight is 243 g/mol. The maximum atomic E-state index is 12.9. The zero-order valence-electron chi connectivity index (χ0n) is 9.84. The molecule has 92 valence electrons. The van der Waals surface area contributed by atoms with Crippen molar-refractivity contribution in [3.63, 3.8) is 0 Å². The van der Waals surface area contributed by atoms with Crippen LogP contribution >= 0.6 is 0 Å². The average Bonchev–Trinajstić information content (AvgIpc) is 2.82. The standard InChI is InChI=1S/C15H14FNO/c16-12-7-5-10(6-8-12)15(17)14-9-11-3-1-2-4-13(11)18-14/h1-8,14-15H,9,17H2. The molecule has 3 heteroatoms. The summed E-state index contributed by atoms with van der Waals surface area (Å²) in [6.45, 7) is 0. The van der Waals surface area contributed by atoms with E-state index in [-0.39, 0.29) is 18.0 Å². The van der Waals surface area contributed by atoms with Gasteiger partial charge in [0, 0.05) is 6.42 Å². The third kappa shape index (κ3) is 1.97. The van der Waals surface area contributed by atoms with E-state index >= 15 is 0 Å². The predicted molar refractivity (Wildman–Crippen MR) is 67.9 cm³/mol. The Morgan fingerprint density at radius 3 is 2.56 bits per heavy atom. The topological polar surface area (TPSA) is 35.2 Å². The van der Waals surface area contributed by atoms with E-state index in [1.165, 1.54) is 17.7 Å². The highest BCUT2D eigenvalue weighted by Crippen LogP contribution is 2.32. The zero-order chi connectivity index (χ0) is 12.5. The summed E-state index contributed by atoms with van der Waals surface area (Å²) < 4.78 is 18.7. The molecule has 0 saturated carbocycles. The lowest BCUT2D eigenvalue weighted by atomic mass is 9.98. The molecule has 2 unspecified atom stereocenters. The molecule has 0 saturated heterocycles. The maximum Gasteiger partial charge on any atom is 0.123 e. The summed E-state index contributed by atoms with van der Waals surface area (Å²) in [5, 5.41) is 0. The van der Waals surface area contributed by atoms with Crippen molar-refractivity contribution in [1.29, 1.82) is 0 Å². The number of para-hydroxylation sites is 1. The molecule has 0 aromatic heterocycles. The van der Waals surface area contributed by atoms with Crippen molar-refractivity contribution in [2.75, 3.05) is 0 Å². The minimum atomic E-state index is -0.249. The third-order valence-electron chi connectivity index (χ3n) is 3.33. The molecule has 0 bridgehead atoms.